The maximum atomic E-state index is 13.9. The van der Waals surface area contributed by atoms with E-state index in [1.165, 1.54) is 6.07 Å². The van der Waals surface area contributed by atoms with Gasteiger partial charge in [-0.2, -0.15) is 0 Å². The summed E-state index contributed by atoms with van der Waals surface area (Å²) in [5.74, 6) is -0.373. The Morgan fingerprint density at radius 3 is 2.68 bits per heavy atom. The molecule has 0 aliphatic rings. The monoisotopic (exact) mass is 334 g/mol. The molecule has 5 nitrogen and oxygen atoms in total. The van der Waals surface area contributed by atoms with Gasteiger partial charge in [-0.15, -0.1) is 0 Å². The summed E-state index contributed by atoms with van der Waals surface area (Å²) in [6, 6.07) is 13.7. The third-order valence-electron chi connectivity index (χ3n) is 4.07. The van der Waals surface area contributed by atoms with Crippen LogP contribution in [0.2, 0.25) is 0 Å². The molecule has 0 amide bonds. The predicted molar refractivity (Wildman–Crippen MR) is 92.1 cm³/mol. The van der Waals surface area contributed by atoms with Crippen molar-refractivity contribution in [2.75, 3.05) is 0 Å². The van der Waals surface area contributed by atoms with Crippen LogP contribution in [0.4, 0.5) is 4.39 Å². The van der Waals surface area contributed by atoms with Crippen molar-refractivity contribution in [1.82, 2.24) is 15.1 Å². The van der Waals surface area contributed by atoms with Gasteiger partial charge in [0.25, 0.3) is 0 Å². The van der Waals surface area contributed by atoms with Crippen LogP contribution in [0.1, 0.15) is 17.4 Å². The Labute approximate surface area is 143 Å². The molecule has 0 aliphatic heterocycles. The van der Waals surface area contributed by atoms with Crippen LogP contribution in [0, 0.1) is 5.82 Å². The molecule has 0 spiro atoms. The minimum atomic E-state index is -0.518. The molecule has 0 saturated heterocycles. The first-order valence-corrected chi connectivity index (χ1v) is 7.88. The van der Waals surface area contributed by atoms with Gasteiger partial charge in [-0.1, -0.05) is 17.3 Å². The van der Waals surface area contributed by atoms with Gasteiger partial charge in [0.05, 0.1) is 17.4 Å². The first kappa shape index (κ1) is 15.4. The van der Waals surface area contributed by atoms with Gasteiger partial charge >= 0.3 is 0 Å². The van der Waals surface area contributed by atoms with Crippen molar-refractivity contribution in [3.8, 4) is 11.3 Å². The number of benzene rings is 1. The molecule has 2 N–H and O–H groups in total. The van der Waals surface area contributed by atoms with Crippen LogP contribution >= 0.6 is 0 Å². The fraction of sp³-hybridized carbons (Fsp3) is 0.105. The highest BCUT2D eigenvalue weighted by Crippen LogP contribution is 2.32. The topological polar surface area (TPSA) is 77.8 Å². The average molecular weight is 334 g/mol. The molecular formula is C19H15FN4O. The third kappa shape index (κ3) is 2.88. The van der Waals surface area contributed by atoms with Gasteiger partial charge in [0.2, 0.25) is 0 Å². The first-order chi connectivity index (χ1) is 12.2. The maximum absolute atomic E-state index is 13.9. The number of hydrogen-bond acceptors (Lipinski definition) is 5. The third-order valence-corrected chi connectivity index (χ3v) is 4.07. The van der Waals surface area contributed by atoms with Gasteiger partial charge in [-0.3, -0.25) is 9.97 Å². The second kappa shape index (κ2) is 6.41. The summed E-state index contributed by atoms with van der Waals surface area (Å²) < 4.78 is 19.3. The van der Waals surface area contributed by atoms with Gasteiger partial charge in [0.15, 0.2) is 5.58 Å². The summed E-state index contributed by atoms with van der Waals surface area (Å²) in [4.78, 5) is 8.48. The maximum Gasteiger partial charge on any atom is 0.167 e. The second-order valence-electron chi connectivity index (χ2n) is 5.71. The lowest BCUT2D eigenvalue weighted by Crippen LogP contribution is -2.17. The number of nitrogens with two attached hydrogens (primary N) is 1. The highest BCUT2D eigenvalue weighted by atomic mass is 19.1. The zero-order valence-electron chi connectivity index (χ0n) is 13.3. The number of pyridine rings is 2. The lowest BCUT2D eigenvalue weighted by atomic mass is 9.99. The van der Waals surface area contributed by atoms with E-state index in [0.717, 1.165) is 10.9 Å². The lowest BCUT2D eigenvalue weighted by molar-refractivity contribution is 0.459. The molecule has 0 saturated carbocycles. The minimum Gasteiger partial charge on any atom is -0.356 e. The van der Waals surface area contributed by atoms with Crippen molar-refractivity contribution in [3.05, 3.63) is 78.1 Å². The smallest absolute Gasteiger partial charge is 0.167 e. The van der Waals surface area contributed by atoms with Crippen molar-refractivity contribution in [2.24, 2.45) is 5.73 Å². The number of halogens is 1. The molecule has 4 aromatic rings. The Balaban J connectivity index is 1.75. The van der Waals surface area contributed by atoms with Crippen molar-refractivity contribution < 1.29 is 8.91 Å². The van der Waals surface area contributed by atoms with E-state index in [9.17, 15) is 4.39 Å². The molecule has 0 fully saturated rings. The Morgan fingerprint density at radius 2 is 1.80 bits per heavy atom. The summed E-state index contributed by atoms with van der Waals surface area (Å²) in [7, 11) is 0. The normalized spacial score (nSPS) is 12.4. The van der Waals surface area contributed by atoms with E-state index >= 15 is 0 Å². The van der Waals surface area contributed by atoms with Crippen LogP contribution in [-0.4, -0.2) is 15.1 Å². The van der Waals surface area contributed by atoms with Crippen LogP contribution < -0.4 is 5.73 Å². The van der Waals surface area contributed by atoms with E-state index in [4.69, 9.17) is 10.3 Å². The fourth-order valence-electron chi connectivity index (χ4n) is 2.87. The van der Waals surface area contributed by atoms with E-state index in [1.807, 2.05) is 36.4 Å². The van der Waals surface area contributed by atoms with Crippen LogP contribution in [0.3, 0.4) is 0 Å². The number of para-hydroxylation sites is 1. The minimum absolute atomic E-state index is 0.243. The van der Waals surface area contributed by atoms with Crippen molar-refractivity contribution in [2.45, 2.75) is 12.5 Å². The average Bonchev–Trinajstić information content (AvgIpc) is 3.07. The molecule has 0 aliphatic carbocycles. The predicted octanol–water partition coefficient (Wildman–Crippen LogP) is 3.67. The molecule has 3 heterocycles. The highest BCUT2D eigenvalue weighted by Gasteiger charge is 2.20. The molecule has 0 bridgehead atoms. The molecular weight excluding hydrogens is 319 g/mol. The molecule has 1 atom stereocenters. The van der Waals surface area contributed by atoms with E-state index < -0.39 is 6.04 Å². The number of nitrogens with zero attached hydrogens (tertiary/aromatic N) is 3. The van der Waals surface area contributed by atoms with Crippen LogP contribution in [-0.2, 0) is 6.42 Å². The molecule has 25 heavy (non-hydrogen) atoms. The van der Waals surface area contributed by atoms with Crippen molar-refractivity contribution in [3.63, 3.8) is 0 Å². The van der Waals surface area contributed by atoms with E-state index in [0.29, 0.717) is 22.7 Å². The number of fused-ring (bicyclic) bond motifs is 1. The quantitative estimate of drug-likeness (QED) is 0.616. The lowest BCUT2D eigenvalue weighted by Gasteiger charge is -2.14. The summed E-state index contributed by atoms with van der Waals surface area (Å²) >= 11 is 0. The first-order valence-electron chi connectivity index (χ1n) is 7.88. The zero-order chi connectivity index (χ0) is 17.2. The Kier molecular flexibility index (Phi) is 3.95. The molecule has 1 aromatic carbocycles. The summed E-state index contributed by atoms with van der Waals surface area (Å²) in [5.41, 5.74) is 9.41. The summed E-state index contributed by atoms with van der Waals surface area (Å²) in [5, 5.41) is 5.06. The summed E-state index contributed by atoms with van der Waals surface area (Å²) in [6.45, 7) is 0. The Morgan fingerprint density at radius 1 is 1.00 bits per heavy atom. The molecule has 4 rings (SSSR count). The zero-order valence-corrected chi connectivity index (χ0v) is 13.3. The molecule has 124 valence electrons. The molecule has 0 unspecified atom stereocenters. The van der Waals surface area contributed by atoms with Gasteiger partial charge in [0.1, 0.15) is 11.5 Å². The number of hydrogen-bond donors (Lipinski definition) is 1. The Bertz CT molecular complexity index is 1030. The van der Waals surface area contributed by atoms with Crippen molar-refractivity contribution in [1.29, 1.82) is 0 Å². The van der Waals surface area contributed by atoms with Gasteiger partial charge in [-0.05, 0) is 36.4 Å². The van der Waals surface area contributed by atoms with Crippen LogP contribution in [0.5, 0.6) is 0 Å². The van der Waals surface area contributed by atoms with Crippen molar-refractivity contribution >= 4 is 11.0 Å². The fourth-order valence-corrected chi connectivity index (χ4v) is 2.87. The van der Waals surface area contributed by atoms with Crippen LogP contribution in [0.25, 0.3) is 22.2 Å². The van der Waals surface area contributed by atoms with Gasteiger partial charge < -0.3 is 10.3 Å². The number of rotatable bonds is 4. The van der Waals surface area contributed by atoms with E-state index in [1.54, 1.807) is 18.5 Å². The van der Waals surface area contributed by atoms with Gasteiger partial charge in [-0.25, -0.2) is 4.39 Å². The molecule has 3 aromatic heterocycles. The van der Waals surface area contributed by atoms with E-state index in [-0.39, 0.29) is 12.2 Å². The number of aromatic nitrogens is 3. The van der Waals surface area contributed by atoms with E-state index in [2.05, 4.69) is 15.1 Å². The van der Waals surface area contributed by atoms with Gasteiger partial charge in [0, 0.05) is 29.8 Å². The standard InChI is InChI=1S/C19H15FN4O/c20-14-7-4-9-22-16(14)11-15(21)19-13(6-3-10-23-19)18-12-5-1-2-8-17(12)25-24-18/h1-10,15H,11,21H2/t15-/m0/s1. The largest absolute Gasteiger partial charge is 0.356 e. The van der Waals surface area contributed by atoms with Crippen LogP contribution in [0.15, 0.2) is 65.4 Å². The SMILES string of the molecule is N[C@@H](Cc1ncccc1F)c1ncccc1-c1noc2ccccc12. The second-order valence-corrected chi connectivity index (χ2v) is 5.71. The highest BCUT2D eigenvalue weighted by molar-refractivity contribution is 5.92. The summed E-state index contributed by atoms with van der Waals surface area (Å²) in [6.07, 6.45) is 3.46. The molecule has 6 heteroatoms. The molecule has 0 radical (unpaired) electrons. The Hall–Kier alpha value is -3.12.